The standard InChI is InChI=1S/C11H15N5O2/c1-8(2)10-9(14-7-18-10)11(17)13-3-4-16-6-12-5-15-16/h5-8H,3-4H2,1-2H3,(H,13,17). The summed E-state index contributed by atoms with van der Waals surface area (Å²) in [6, 6.07) is 0. The van der Waals surface area contributed by atoms with E-state index >= 15 is 0 Å². The number of carbonyl (C=O) groups is 1. The van der Waals surface area contributed by atoms with E-state index in [1.165, 1.54) is 12.7 Å². The number of nitrogens with zero attached hydrogens (tertiary/aromatic N) is 4. The maximum atomic E-state index is 11.9. The molecule has 1 amide bonds. The highest BCUT2D eigenvalue weighted by Crippen LogP contribution is 2.17. The van der Waals surface area contributed by atoms with Crippen molar-refractivity contribution in [3.05, 3.63) is 30.5 Å². The molecule has 18 heavy (non-hydrogen) atoms. The third-order valence-electron chi connectivity index (χ3n) is 2.43. The van der Waals surface area contributed by atoms with E-state index in [0.717, 1.165) is 0 Å². The van der Waals surface area contributed by atoms with E-state index in [2.05, 4.69) is 20.4 Å². The summed E-state index contributed by atoms with van der Waals surface area (Å²) in [5.41, 5.74) is 0.351. The number of oxazole rings is 1. The first-order chi connectivity index (χ1) is 8.68. The Balaban J connectivity index is 1.89. The van der Waals surface area contributed by atoms with E-state index in [9.17, 15) is 4.79 Å². The predicted molar refractivity (Wildman–Crippen MR) is 62.9 cm³/mol. The molecule has 2 aromatic rings. The summed E-state index contributed by atoms with van der Waals surface area (Å²) in [6.45, 7) is 4.94. The topological polar surface area (TPSA) is 85.8 Å². The van der Waals surface area contributed by atoms with E-state index in [1.807, 2.05) is 13.8 Å². The number of aromatic nitrogens is 4. The number of rotatable bonds is 5. The minimum Gasteiger partial charge on any atom is -0.447 e. The Morgan fingerprint density at radius 3 is 3.06 bits per heavy atom. The third kappa shape index (κ3) is 2.73. The number of hydrogen-bond donors (Lipinski definition) is 1. The first-order valence-electron chi connectivity index (χ1n) is 5.72. The number of carbonyl (C=O) groups excluding carboxylic acids is 1. The van der Waals surface area contributed by atoms with Gasteiger partial charge in [0.2, 0.25) is 0 Å². The molecule has 0 radical (unpaired) electrons. The van der Waals surface area contributed by atoms with Crippen LogP contribution >= 0.6 is 0 Å². The molecule has 0 bridgehead atoms. The zero-order chi connectivity index (χ0) is 13.0. The van der Waals surface area contributed by atoms with Gasteiger partial charge in [0.1, 0.15) is 18.4 Å². The molecule has 0 saturated heterocycles. The van der Waals surface area contributed by atoms with Gasteiger partial charge >= 0.3 is 0 Å². The van der Waals surface area contributed by atoms with Crippen LogP contribution in [0.15, 0.2) is 23.5 Å². The molecule has 0 saturated carbocycles. The number of amides is 1. The SMILES string of the molecule is CC(C)c1ocnc1C(=O)NCCn1cncn1. The van der Waals surface area contributed by atoms with E-state index in [4.69, 9.17) is 4.42 Å². The van der Waals surface area contributed by atoms with Gasteiger partial charge in [0, 0.05) is 12.5 Å². The summed E-state index contributed by atoms with van der Waals surface area (Å²) in [7, 11) is 0. The Morgan fingerprint density at radius 1 is 1.56 bits per heavy atom. The summed E-state index contributed by atoms with van der Waals surface area (Å²) in [5.74, 6) is 0.504. The van der Waals surface area contributed by atoms with Gasteiger partial charge in [-0.25, -0.2) is 9.97 Å². The van der Waals surface area contributed by atoms with E-state index in [-0.39, 0.29) is 11.8 Å². The Kier molecular flexibility index (Phi) is 3.71. The monoisotopic (exact) mass is 249 g/mol. The fourth-order valence-corrected chi connectivity index (χ4v) is 1.55. The second-order valence-corrected chi connectivity index (χ2v) is 4.13. The quantitative estimate of drug-likeness (QED) is 0.847. The maximum absolute atomic E-state index is 11.9. The highest BCUT2D eigenvalue weighted by molar-refractivity contribution is 5.93. The third-order valence-corrected chi connectivity index (χ3v) is 2.43. The van der Waals surface area contributed by atoms with Crippen molar-refractivity contribution < 1.29 is 9.21 Å². The molecular formula is C11H15N5O2. The van der Waals surface area contributed by atoms with Gasteiger partial charge in [-0.3, -0.25) is 9.48 Å². The molecular weight excluding hydrogens is 234 g/mol. The second kappa shape index (κ2) is 5.44. The summed E-state index contributed by atoms with van der Waals surface area (Å²) in [4.78, 5) is 19.6. The summed E-state index contributed by atoms with van der Waals surface area (Å²) in [5, 5.41) is 6.71. The summed E-state index contributed by atoms with van der Waals surface area (Å²) >= 11 is 0. The van der Waals surface area contributed by atoms with Crippen LogP contribution in [0.2, 0.25) is 0 Å². The average molecular weight is 249 g/mol. The fraction of sp³-hybridized carbons (Fsp3) is 0.455. The van der Waals surface area contributed by atoms with Crippen LogP contribution in [-0.2, 0) is 6.54 Å². The molecule has 0 aliphatic rings. The van der Waals surface area contributed by atoms with Crippen molar-refractivity contribution >= 4 is 5.91 Å². The first-order valence-corrected chi connectivity index (χ1v) is 5.72. The lowest BCUT2D eigenvalue weighted by Gasteiger charge is -2.05. The Morgan fingerprint density at radius 2 is 2.39 bits per heavy atom. The van der Waals surface area contributed by atoms with Crippen molar-refractivity contribution in [1.29, 1.82) is 0 Å². The van der Waals surface area contributed by atoms with Crippen molar-refractivity contribution in [3.8, 4) is 0 Å². The molecule has 0 unspecified atom stereocenters. The van der Waals surface area contributed by atoms with Crippen LogP contribution in [0.1, 0.15) is 36.0 Å². The normalized spacial score (nSPS) is 10.8. The predicted octanol–water partition coefficient (Wildman–Crippen LogP) is 0.820. The van der Waals surface area contributed by atoms with Crippen LogP contribution < -0.4 is 5.32 Å². The smallest absolute Gasteiger partial charge is 0.273 e. The van der Waals surface area contributed by atoms with Crippen LogP contribution in [0.4, 0.5) is 0 Å². The van der Waals surface area contributed by atoms with Gasteiger partial charge in [0.15, 0.2) is 12.1 Å². The van der Waals surface area contributed by atoms with Crippen LogP contribution in [0.3, 0.4) is 0 Å². The van der Waals surface area contributed by atoms with Crippen molar-refractivity contribution in [1.82, 2.24) is 25.1 Å². The molecule has 0 aromatic carbocycles. The maximum Gasteiger partial charge on any atom is 0.273 e. The van der Waals surface area contributed by atoms with Gasteiger partial charge in [-0.05, 0) is 0 Å². The van der Waals surface area contributed by atoms with Crippen LogP contribution in [-0.4, -0.2) is 32.2 Å². The molecule has 7 nitrogen and oxygen atoms in total. The van der Waals surface area contributed by atoms with Gasteiger partial charge < -0.3 is 9.73 Å². The van der Waals surface area contributed by atoms with Gasteiger partial charge in [-0.2, -0.15) is 5.10 Å². The van der Waals surface area contributed by atoms with Crippen molar-refractivity contribution in [2.24, 2.45) is 0 Å². The Hall–Kier alpha value is -2.18. The van der Waals surface area contributed by atoms with Gasteiger partial charge in [0.25, 0.3) is 5.91 Å². The second-order valence-electron chi connectivity index (χ2n) is 4.13. The Bertz CT molecular complexity index is 503. The first kappa shape index (κ1) is 12.3. The van der Waals surface area contributed by atoms with E-state index < -0.39 is 0 Å². The van der Waals surface area contributed by atoms with Gasteiger partial charge in [-0.15, -0.1) is 0 Å². The lowest BCUT2D eigenvalue weighted by Crippen LogP contribution is -2.28. The molecule has 0 aliphatic carbocycles. The van der Waals surface area contributed by atoms with Crippen LogP contribution in [0.5, 0.6) is 0 Å². The van der Waals surface area contributed by atoms with Crippen molar-refractivity contribution in [2.45, 2.75) is 26.3 Å². The summed E-state index contributed by atoms with van der Waals surface area (Å²) in [6.07, 6.45) is 4.35. The summed E-state index contributed by atoms with van der Waals surface area (Å²) < 4.78 is 6.85. The molecule has 2 rings (SSSR count). The fourth-order valence-electron chi connectivity index (χ4n) is 1.55. The minimum atomic E-state index is -0.229. The Labute approximate surface area is 104 Å². The largest absolute Gasteiger partial charge is 0.447 e. The molecule has 96 valence electrons. The molecule has 1 N–H and O–H groups in total. The molecule has 2 heterocycles. The lowest BCUT2D eigenvalue weighted by atomic mass is 10.1. The highest BCUT2D eigenvalue weighted by atomic mass is 16.3. The van der Waals surface area contributed by atoms with E-state index in [0.29, 0.717) is 24.5 Å². The molecule has 0 atom stereocenters. The molecule has 2 aromatic heterocycles. The zero-order valence-electron chi connectivity index (χ0n) is 10.3. The van der Waals surface area contributed by atoms with E-state index in [1.54, 1.807) is 11.0 Å². The zero-order valence-corrected chi connectivity index (χ0v) is 10.3. The molecule has 7 heteroatoms. The van der Waals surface area contributed by atoms with Crippen LogP contribution in [0, 0.1) is 0 Å². The average Bonchev–Trinajstić information content (AvgIpc) is 2.99. The lowest BCUT2D eigenvalue weighted by molar-refractivity contribution is 0.0945. The molecule has 0 fully saturated rings. The number of hydrogen-bond acceptors (Lipinski definition) is 5. The molecule has 0 spiro atoms. The van der Waals surface area contributed by atoms with Crippen molar-refractivity contribution in [2.75, 3.05) is 6.54 Å². The molecule has 0 aliphatic heterocycles. The van der Waals surface area contributed by atoms with Gasteiger partial charge in [0.05, 0.1) is 6.54 Å². The van der Waals surface area contributed by atoms with Crippen molar-refractivity contribution in [3.63, 3.8) is 0 Å². The highest BCUT2D eigenvalue weighted by Gasteiger charge is 2.18. The van der Waals surface area contributed by atoms with Crippen LogP contribution in [0.25, 0.3) is 0 Å². The minimum absolute atomic E-state index is 0.128. The number of nitrogens with one attached hydrogen (secondary N) is 1. The van der Waals surface area contributed by atoms with Gasteiger partial charge in [-0.1, -0.05) is 13.8 Å².